The molecule has 0 aromatic rings. The molecule has 1 saturated heterocycles. The molecule has 4 nitrogen and oxygen atoms in total. The van der Waals surface area contributed by atoms with Gasteiger partial charge < -0.3 is 5.11 Å². The van der Waals surface area contributed by atoms with Crippen molar-refractivity contribution in [3.8, 4) is 0 Å². The van der Waals surface area contributed by atoms with Gasteiger partial charge in [-0.25, -0.2) is 0 Å². The van der Waals surface area contributed by atoms with E-state index >= 15 is 0 Å². The third-order valence-electron chi connectivity index (χ3n) is 2.46. The number of aliphatic carboxylic acids is 1. The number of carboxylic acid groups (broad SMARTS) is 1. The molecule has 13 heavy (non-hydrogen) atoms. The first kappa shape index (κ1) is 10.5. The lowest BCUT2D eigenvalue weighted by Gasteiger charge is -2.26. The molecule has 1 aliphatic heterocycles. The quantitative estimate of drug-likeness (QED) is 0.656. The van der Waals surface area contributed by atoms with Gasteiger partial charge in [-0.3, -0.25) is 15.0 Å². The van der Waals surface area contributed by atoms with Crippen LogP contribution in [0.2, 0.25) is 0 Å². The summed E-state index contributed by atoms with van der Waals surface area (Å²) in [5.41, 5.74) is 0. The smallest absolute Gasteiger partial charge is 0.317 e. The van der Waals surface area contributed by atoms with Crippen molar-refractivity contribution >= 4 is 5.97 Å². The van der Waals surface area contributed by atoms with E-state index in [0.717, 1.165) is 19.5 Å². The van der Waals surface area contributed by atoms with Crippen LogP contribution >= 0.6 is 0 Å². The van der Waals surface area contributed by atoms with E-state index < -0.39 is 5.97 Å². The molecule has 0 amide bonds. The zero-order valence-corrected chi connectivity index (χ0v) is 8.12. The fourth-order valence-electron chi connectivity index (χ4n) is 1.79. The molecule has 76 valence electrons. The van der Waals surface area contributed by atoms with Crippen LogP contribution in [-0.2, 0) is 4.79 Å². The molecule has 1 fully saturated rings. The minimum Gasteiger partial charge on any atom is -0.480 e. The average molecular weight is 186 g/mol. The molecule has 1 unspecified atom stereocenters. The van der Waals surface area contributed by atoms with E-state index in [1.54, 1.807) is 0 Å². The maximum Gasteiger partial charge on any atom is 0.317 e. The summed E-state index contributed by atoms with van der Waals surface area (Å²) in [4.78, 5) is 12.7. The molecular weight excluding hydrogens is 168 g/mol. The van der Waals surface area contributed by atoms with Gasteiger partial charge in [-0.05, 0) is 32.4 Å². The minimum atomic E-state index is -0.780. The molecule has 1 atom stereocenters. The summed E-state index contributed by atoms with van der Waals surface area (Å²) in [6.45, 7) is 4.35. The van der Waals surface area contributed by atoms with Crippen molar-refractivity contribution in [2.75, 3.05) is 19.6 Å². The average Bonchev–Trinajstić information content (AvgIpc) is 2.58. The van der Waals surface area contributed by atoms with Gasteiger partial charge in [-0.1, -0.05) is 6.92 Å². The largest absolute Gasteiger partial charge is 0.480 e. The minimum absolute atomic E-state index is 0.0645. The molecule has 0 saturated carbocycles. The molecule has 2 N–H and O–H groups in total. The van der Waals surface area contributed by atoms with Gasteiger partial charge in [0.2, 0.25) is 0 Å². The van der Waals surface area contributed by atoms with Gasteiger partial charge in [-0.2, -0.15) is 0 Å². The van der Waals surface area contributed by atoms with Gasteiger partial charge in [0.05, 0.1) is 12.7 Å². The van der Waals surface area contributed by atoms with Crippen molar-refractivity contribution in [1.29, 1.82) is 0 Å². The molecule has 0 aromatic carbocycles. The lowest BCUT2D eigenvalue weighted by molar-refractivity contribution is -0.136. The van der Waals surface area contributed by atoms with E-state index in [2.05, 4.69) is 17.1 Å². The van der Waals surface area contributed by atoms with Crippen molar-refractivity contribution < 1.29 is 9.90 Å². The second kappa shape index (κ2) is 5.19. The number of hydrogen-bond acceptors (Lipinski definition) is 3. The third-order valence-corrected chi connectivity index (χ3v) is 2.46. The topological polar surface area (TPSA) is 52.6 Å². The van der Waals surface area contributed by atoms with Crippen LogP contribution in [0.25, 0.3) is 0 Å². The van der Waals surface area contributed by atoms with Crippen molar-refractivity contribution in [2.45, 2.75) is 32.4 Å². The maximum atomic E-state index is 10.4. The molecule has 4 heteroatoms. The summed E-state index contributed by atoms with van der Waals surface area (Å²) < 4.78 is 0. The van der Waals surface area contributed by atoms with Crippen molar-refractivity contribution in [3.05, 3.63) is 0 Å². The standard InChI is InChI=1S/C9H18N2O2/c1-2-8(10-7-9(12)13)11-5-3-4-6-11/h8,10H,2-7H2,1H3,(H,12,13). The highest BCUT2D eigenvalue weighted by Crippen LogP contribution is 2.11. The zero-order chi connectivity index (χ0) is 9.68. The van der Waals surface area contributed by atoms with E-state index in [1.807, 2.05) is 0 Å². The predicted octanol–water partition coefficient (Wildman–Crippen LogP) is 0.492. The molecule has 1 rings (SSSR count). The Labute approximate surface area is 78.9 Å². The number of nitrogens with zero attached hydrogens (tertiary/aromatic N) is 1. The Morgan fingerprint density at radius 1 is 1.54 bits per heavy atom. The van der Waals surface area contributed by atoms with E-state index in [1.165, 1.54) is 12.8 Å². The highest BCUT2D eigenvalue weighted by Gasteiger charge is 2.19. The van der Waals surface area contributed by atoms with Gasteiger partial charge in [0.1, 0.15) is 0 Å². The SMILES string of the molecule is CCC(NCC(=O)O)N1CCCC1. The van der Waals surface area contributed by atoms with Crippen molar-refractivity contribution in [1.82, 2.24) is 10.2 Å². The first-order valence-electron chi connectivity index (χ1n) is 4.93. The van der Waals surface area contributed by atoms with Crippen LogP contribution in [0.5, 0.6) is 0 Å². The van der Waals surface area contributed by atoms with Gasteiger partial charge in [0.25, 0.3) is 0 Å². The Kier molecular flexibility index (Phi) is 4.18. The second-order valence-electron chi connectivity index (χ2n) is 3.44. The van der Waals surface area contributed by atoms with Crippen molar-refractivity contribution in [2.24, 2.45) is 0 Å². The fourth-order valence-corrected chi connectivity index (χ4v) is 1.79. The molecule has 0 spiro atoms. The predicted molar refractivity (Wildman–Crippen MR) is 50.5 cm³/mol. The molecule has 1 aliphatic rings. The summed E-state index contributed by atoms with van der Waals surface area (Å²) >= 11 is 0. The number of carbonyl (C=O) groups is 1. The van der Waals surface area contributed by atoms with E-state index in [-0.39, 0.29) is 12.7 Å². The van der Waals surface area contributed by atoms with Crippen molar-refractivity contribution in [3.63, 3.8) is 0 Å². The summed E-state index contributed by atoms with van der Waals surface area (Å²) in [6.07, 6.45) is 3.70. The summed E-state index contributed by atoms with van der Waals surface area (Å²) in [6, 6.07) is 0. The number of nitrogens with one attached hydrogen (secondary N) is 1. The van der Waals surface area contributed by atoms with E-state index in [4.69, 9.17) is 5.11 Å². The Morgan fingerprint density at radius 2 is 2.15 bits per heavy atom. The fraction of sp³-hybridized carbons (Fsp3) is 0.889. The summed E-state index contributed by atoms with van der Waals surface area (Å²) in [5.74, 6) is -0.780. The summed E-state index contributed by atoms with van der Waals surface area (Å²) in [5, 5.41) is 11.6. The van der Waals surface area contributed by atoms with Gasteiger partial charge in [0.15, 0.2) is 0 Å². The third kappa shape index (κ3) is 3.32. The molecular formula is C9H18N2O2. The molecule has 0 aromatic heterocycles. The Balaban J connectivity index is 2.28. The first-order valence-corrected chi connectivity index (χ1v) is 4.93. The van der Waals surface area contributed by atoms with Crippen LogP contribution in [0.15, 0.2) is 0 Å². The lowest BCUT2D eigenvalue weighted by atomic mass is 10.3. The molecule has 0 radical (unpaired) electrons. The Hall–Kier alpha value is -0.610. The monoisotopic (exact) mass is 186 g/mol. The zero-order valence-electron chi connectivity index (χ0n) is 8.12. The Morgan fingerprint density at radius 3 is 2.62 bits per heavy atom. The Bertz CT molecular complexity index is 167. The van der Waals surface area contributed by atoms with Gasteiger partial charge in [0, 0.05) is 0 Å². The highest BCUT2D eigenvalue weighted by molar-refractivity contribution is 5.69. The number of hydrogen-bond donors (Lipinski definition) is 2. The van der Waals surface area contributed by atoms with Crippen LogP contribution in [-0.4, -0.2) is 41.8 Å². The number of carboxylic acids is 1. The second-order valence-corrected chi connectivity index (χ2v) is 3.44. The van der Waals surface area contributed by atoms with E-state index in [9.17, 15) is 4.79 Å². The van der Waals surface area contributed by atoms with E-state index in [0.29, 0.717) is 0 Å². The maximum absolute atomic E-state index is 10.4. The first-order chi connectivity index (χ1) is 6.24. The van der Waals surface area contributed by atoms with Gasteiger partial charge >= 0.3 is 5.97 Å². The lowest BCUT2D eigenvalue weighted by Crippen LogP contribution is -2.45. The van der Waals surface area contributed by atoms with Crippen LogP contribution < -0.4 is 5.32 Å². The van der Waals surface area contributed by atoms with Crippen LogP contribution in [0, 0.1) is 0 Å². The highest BCUT2D eigenvalue weighted by atomic mass is 16.4. The van der Waals surface area contributed by atoms with Crippen LogP contribution in [0.3, 0.4) is 0 Å². The summed E-state index contributed by atoms with van der Waals surface area (Å²) in [7, 11) is 0. The molecule has 1 heterocycles. The van der Waals surface area contributed by atoms with Gasteiger partial charge in [-0.15, -0.1) is 0 Å². The number of likely N-dealkylation sites (tertiary alicyclic amines) is 1. The molecule has 0 aliphatic carbocycles. The normalized spacial score (nSPS) is 20.4. The molecule has 0 bridgehead atoms. The van der Waals surface area contributed by atoms with Crippen LogP contribution in [0.1, 0.15) is 26.2 Å². The van der Waals surface area contributed by atoms with Crippen LogP contribution in [0.4, 0.5) is 0 Å². The number of rotatable bonds is 5.